The molecule has 0 fully saturated rings. The summed E-state index contributed by atoms with van der Waals surface area (Å²) < 4.78 is 0. The second-order valence-corrected chi connectivity index (χ2v) is 17.1. The molecule has 0 aromatic carbocycles. The Balaban J connectivity index is 1.45. The molecule has 0 saturated heterocycles. The van der Waals surface area contributed by atoms with Gasteiger partial charge < -0.3 is 52.3 Å². The molecule has 0 saturated carbocycles. The third-order valence-electron chi connectivity index (χ3n) is 11.8. The zero-order chi connectivity index (χ0) is 46.3. The molecule has 3 rings (SSSR count). The van der Waals surface area contributed by atoms with Crippen molar-refractivity contribution in [2.24, 2.45) is 11.8 Å². The molecule has 3 aliphatic rings. The smallest absolute Gasteiger partial charge is 0.326 e. The van der Waals surface area contributed by atoms with Crippen LogP contribution in [-0.2, 0) is 33.6 Å². The summed E-state index contributed by atoms with van der Waals surface area (Å²) in [6.45, 7) is 4.11. The number of unbranched alkanes of at least 4 members (excludes halogenated alkanes) is 12. The summed E-state index contributed by atoms with van der Waals surface area (Å²) in [5, 5.41) is 56.6. The van der Waals surface area contributed by atoms with Crippen LogP contribution < -0.4 is 31.9 Å². The van der Waals surface area contributed by atoms with E-state index in [2.05, 4.69) is 38.8 Å². The number of fused-ring (bicyclic) bond motifs is 4. The van der Waals surface area contributed by atoms with Gasteiger partial charge in [-0.15, -0.1) is 0 Å². The number of allylic oxidation sites excluding steroid dienone is 2. The Bertz CT molecular complexity index is 1710. The average Bonchev–Trinajstić information content (AvgIpc) is 3.25. The van der Waals surface area contributed by atoms with E-state index in [1.807, 2.05) is 0 Å². The molecule has 1 unspecified atom stereocenters. The van der Waals surface area contributed by atoms with Gasteiger partial charge in [0.2, 0.25) is 35.4 Å². The minimum Gasteiger partial charge on any atom is -0.508 e. The first-order chi connectivity index (χ1) is 30.1. The van der Waals surface area contributed by atoms with E-state index in [1.165, 1.54) is 76.9 Å². The molecule has 10 N–H and O–H groups in total. The van der Waals surface area contributed by atoms with Crippen molar-refractivity contribution in [2.75, 3.05) is 19.7 Å². The van der Waals surface area contributed by atoms with Gasteiger partial charge in [-0.25, -0.2) is 4.79 Å². The summed E-state index contributed by atoms with van der Waals surface area (Å²) in [5.74, 6) is -6.65. The molecule has 0 spiro atoms. The fourth-order valence-corrected chi connectivity index (χ4v) is 7.86. The number of aliphatic hydroxyl groups excluding tert-OH is 3. The maximum Gasteiger partial charge on any atom is 0.326 e. The van der Waals surface area contributed by atoms with Crippen molar-refractivity contribution in [3.63, 3.8) is 0 Å². The van der Waals surface area contributed by atoms with Gasteiger partial charge in [0.25, 0.3) is 0 Å². The topological polar surface area (TPSA) is 273 Å². The van der Waals surface area contributed by atoms with Crippen LogP contribution in [0, 0.1) is 11.8 Å². The number of carboxylic acid groups (broad SMARTS) is 1. The molecular weight excluding hydrogens is 813 g/mol. The molecule has 6 amide bonds. The SMILES string of the molecule is CCCCCCCCCCCCCCCC(=O)N[C@H](CO)C(=O)NCCC(C)C(=O)NCC(=O)N[C@@H]1C(=O)N[C@@H](C)C(=O)N[C@H](C(=O)O)CC2=CC[C@H](O)C(=C2)C2=C(O)C=C[C@H]1C2. The quantitative estimate of drug-likeness (QED) is 0.0595. The third kappa shape index (κ3) is 18.3. The molecule has 63 heavy (non-hydrogen) atoms. The number of aliphatic carboxylic acids is 1. The van der Waals surface area contributed by atoms with Gasteiger partial charge in [-0.1, -0.05) is 109 Å². The van der Waals surface area contributed by atoms with Gasteiger partial charge in [-0.05, 0) is 49.8 Å². The summed E-state index contributed by atoms with van der Waals surface area (Å²) in [6.07, 6.45) is 20.9. The van der Waals surface area contributed by atoms with Crippen LogP contribution in [0.25, 0.3) is 0 Å². The third-order valence-corrected chi connectivity index (χ3v) is 11.8. The maximum atomic E-state index is 13.7. The molecule has 0 radical (unpaired) electrons. The van der Waals surface area contributed by atoms with Gasteiger partial charge in [0.15, 0.2) is 0 Å². The van der Waals surface area contributed by atoms with E-state index in [4.69, 9.17) is 0 Å². The number of rotatable bonds is 25. The van der Waals surface area contributed by atoms with Gasteiger partial charge in [0.05, 0.1) is 19.3 Å². The van der Waals surface area contributed by atoms with Gasteiger partial charge in [-0.3, -0.25) is 28.8 Å². The van der Waals surface area contributed by atoms with Crippen LogP contribution in [0.3, 0.4) is 0 Å². The molecule has 4 bridgehead atoms. The molecule has 17 heteroatoms. The molecule has 0 aromatic heterocycles. The Hall–Kier alpha value is -5.03. The lowest BCUT2D eigenvalue weighted by molar-refractivity contribution is -0.142. The van der Waals surface area contributed by atoms with Crippen LogP contribution in [-0.4, -0.2) is 112 Å². The van der Waals surface area contributed by atoms with Gasteiger partial charge in [0.1, 0.15) is 29.9 Å². The largest absolute Gasteiger partial charge is 0.508 e. The minimum absolute atomic E-state index is 0.00474. The molecule has 1 aliphatic heterocycles. The Labute approximate surface area is 371 Å². The van der Waals surface area contributed by atoms with E-state index >= 15 is 0 Å². The fourth-order valence-electron chi connectivity index (χ4n) is 7.86. The number of hydrogen-bond donors (Lipinski definition) is 10. The van der Waals surface area contributed by atoms with Crippen molar-refractivity contribution in [3.05, 3.63) is 46.8 Å². The zero-order valence-corrected chi connectivity index (χ0v) is 37.3. The summed E-state index contributed by atoms with van der Waals surface area (Å²) in [4.78, 5) is 90.1. The summed E-state index contributed by atoms with van der Waals surface area (Å²) in [7, 11) is 0. The number of carboxylic acids is 1. The second kappa shape index (κ2) is 27.9. The highest BCUT2D eigenvalue weighted by atomic mass is 16.4. The predicted molar refractivity (Wildman–Crippen MR) is 237 cm³/mol. The Morgan fingerprint density at radius 3 is 2.10 bits per heavy atom. The first-order valence-corrected chi connectivity index (χ1v) is 22.9. The minimum atomic E-state index is -1.35. The fraction of sp³-hybridized carbons (Fsp3) is 0.674. The van der Waals surface area contributed by atoms with E-state index in [-0.39, 0.29) is 50.3 Å². The number of carbonyl (C=O) groups is 7. The molecular formula is C46H72N6O11. The highest BCUT2D eigenvalue weighted by Crippen LogP contribution is 2.35. The van der Waals surface area contributed by atoms with Crippen molar-refractivity contribution < 1.29 is 54.0 Å². The Morgan fingerprint density at radius 1 is 0.841 bits per heavy atom. The predicted octanol–water partition coefficient (Wildman–Crippen LogP) is 3.17. The van der Waals surface area contributed by atoms with E-state index in [9.17, 15) is 54.0 Å². The van der Waals surface area contributed by atoms with Crippen molar-refractivity contribution in [3.8, 4) is 0 Å². The van der Waals surface area contributed by atoms with Gasteiger partial charge >= 0.3 is 5.97 Å². The first-order valence-electron chi connectivity index (χ1n) is 22.9. The summed E-state index contributed by atoms with van der Waals surface area (Å²) >= 11 is 0. The number of nitrogens with one attached hydrogen (secondary N) is 6. The molecule has 17 nitrogen and oxygen atoms in total. The average molecular weight is 885 g/mol. The van der Waals surface area contributed by atoms with Crippen molar-refractivity contribution in [1.82, 2.24) is 31.9 Å². The molecule has 1 heterocycles. The lowest BCUT2D eigenvalue weighted by atomic mass is 9.79. The first kappa shape index (κ1) is 52.3. The van der Waals surface area contributed by atoms with E-state index < -0.39 is 90.8 Å². The number of hydrogen-bond acceptors (Lipinski definition) is 10. The van der Waals surface area contributed by atoms with Crippen LogP contribution in [0.4, 0.5) is 0 Å². The van der Waals surface area contributed by atoms with Crippen LogP contribution in [0.15, 0.2) is 46.8 Å². The van der Waals surface area contributed by atoms with Crippen LogP contribution in [0.5, 0.6) is 0 Å². The number of aliphatic hydroxyl groups is 3. The monoisotopic (exact) mass is 885 g/mol. The summed E-state index contributed by atoms with van der Waals surface area (Å²) in [6, 6.07) is -5.02. The van der Waals surface area contributed by atoms with Gasteiger partial charge in [0, 0.05) is 36.8 Å². The molecule has 2 aliphatic carbocycles. The van der Waals surface area contributed by atoms with E-state index in [0.717, 1.165) is 19.3 Å². The second-order valence-electron chi connectivity index (χ2n) is 17.1. The lowest BCUT2D eigenvalue weighted by Gasteiger charge is -2.32. The molecule has 7 atom stereocenters. The van der Waals surface area contributed by atoms with E-state index in [1.54, 1.807) is 19.1 Å². The molecule has 352 valence electrons. The standard InChI is InChI=1S/C46H72N6O11/c1-4-5-6-7-8-9-10-11-12-13-14-15-16-17-39(56)50-36(28-53)44(60)47-23-22-29(2)42(58)48-27-40(57)52-41-32-19-21-38(55)34(26-32)33-24-31(18-20-37(33)54)25-35(46(62)63)51-43(59)30(3)49-45(41)61/h18-19,21,24,29-30,32,35-37,41,53-55H,4-17,20,22-23,25-28H2,1-3H3,(H,47,60)(H,48,58)(H,49,61)(H,50,56)(H,51,59)(H,52,57)(H,62,63)/t29?,30-,32-,35-,36+,37-,41-/m0/s1. The zero-order valence-electron chi connectivity index (χ0n) is 37.3. The van der Waals surface area contributed by atoms with Crippen molar-refractivity contribution in [2.45, 2.75) is 167 Å². The van der Waals surface area contributed by atoms with Crippen LogP contribution >= 0.6 is 0 Å². The van der Waals surface area contributed by atoms with Crippen molar-refractivity contribution >= 4 is 41.4 Å². The summed E-state index contributed by atoms with van der Waals surface area (Å²) in [5.41, 5.74) is 1.15. The highest BCUT2D eigenvalue weighted by molar-refractivity contribution is 5.94. The van der Waals surface area contributed by atoms with E-state index in [0.29, 0.717) is 23.1 Å². The molecule has 0 aromatic rings. The normalized spacial score (nSPS) is 22.3. The Morgan fingerprint density at radius 2 is 1.48 bits per heavy atom. The van der Waals surface area contributed by atoms with Crippen LogP contribution in [0.1, 0.15) is 136 Å². The Kier molecular flexibility index (Phi) is 23.2. The maximum absolute atomic E-state index is 13.7. The van der Waals surface area contributed by atoms with Crippen molar-refractivity contribution in [1.29, 1.82) is 0 Å². The highest BCUT2D eigenvalue weighted by Gasteiger charge is 2.36. The lowest BCUT2D eigenvalue weighted by Crippen LogP contribution is -2.57. The number of amides is 6. The van der Waals surface area contributed by atoms with Gasteiger partial charge in [-0.2, -0.15) is 0 Å². The number of carbonyl (C=O) groups excluding carboxylic acids is 6. The van der Waals surface area contributed by atoms with Crippen LogP contribution in [0.2, 0.25) is 0 Å².